The molecule has 172 valence electrons. The predicted molar refractivity (Wildman–Crippen MR) is 129 cm³/mol. The molecule has 3 aliphatic rings. The minimum absolute atomic E-state index is 0.0262. The van der Waals surface area contributed by atoms with E-state index in [0.717, 1.165) is 53.4 Å². The van der Waals surface area contributed by atoms with Crippen molar-refractivity contribution in [3.8, 4) is 33.9 Å². The van der Waals surface area contributed by atoms with Crippen molar-refractivity contribution in [3.63, 3.8) is 0 Å². The Labute approximate surface area is 198 Å². The van der Waals surface area contributed by atoms with E-state index in [0.29, 0.717) is 12.0 Å². The van der Waals surface area contributed by atoms with Gasteiger partial charge < -0.3 is 9.30 Å². The fourth-order valence-corrected chi connectivity index (χ4v) is 5.96. The van der Waals surface area contributed by atoms with Crippen LogP contribution in [-0.2, 0) is 4.74 Å². The number of hydrogen-bond donors (Lipinski definition) is 0. The van der Waals surface area contributed by atoms with Crippen LogP contribution in [0, 0.1) is 6.92 Å². The first-order chi connectivity index (χ1) is 16.7. The normalized spacial score (nSPS) is 23.4. The summed E-state index contributed by atoms with van der Waals surface area (Å²) >= 11 is 0. The molecule has 4 aromatic heterocycles. The van der Waals surface area contributed by atoms with Crippen LogP contribution in [-0.4, -0.2) is 35.9 Å². The summed E-state index contributed by atoms with van der Waals surface area (Å²) in [4.78, 5) is 14.7. The molecule has 0 aromatic carbocycles. The van der Waals surface area contributed by atoms with Gasteiger partial charge in [-0.25, -0.2) is 9.67 Å². The molecule has 2 aliphatic heterocycles. The predicted octanol–water partition coefficient (Wildman–Crippen LogP) is 5.70. The lowest BCUT2D eigenvalue weighted by molar-refractivity contribution is -0.0394. The fraction of sp³-hybridized carbons (Fsp3) is 0.407. The SMILES string of the molecule is Cc1cccc(-c2nc3n(c2-c2ccnc(-c4cnn(C5CCCCO5)c4)c2)C2CCC3C2)n1. The van der Waals surface area contributed by atoms with Crippen molar-refractivity contribution in [2.75, 3.05) is 6.61 Å². The van der Waals surface area contributed by atoms with Crippen molar-refractivity contribution in [1.29, 1.82) is 0 Å². The van der Waals surface area contributed by atoms with E-state index in [2.05, 4.69) is 40.1 Å². The van der Waals surface area contributed by atoms with Crippen LogP contribution in [0.15, 0.2) is 48.9 Å². The molecule has 1 saturated carbocycles. The third-order valence-corrected chi connectivity index (χ3v) is 7.59. The molecule has 1 aliphatic carbocycles. The molecule has 3 unspecified atom stereocenters. The van der Waals surface area contributed by atoms with Crippen LogP contribution in [0.5, 0.6) is 0 Å². The Hall–Kier alpha value is -3.32. The topological polar surface area (TPSA) is 70.7 Å². The number of rotatable bonds is 4. The Morgan fingerprint density at radius 3 is 2.85 bits per heavy atom. The Kier molecular flexibility index (Phi) is 4.65. The maximum absolute atomic E-state index is 5.91. The minimum atomic E-state index is 0.0262. The number of pyridine rings is 2. The van der Waals surface area contributed by atoms with E-state index in [-0.39, 0.29) is 6.23 Å². The van der Waals surface area contributed by atoms with Crippen LogP contribution in [0.3, 0.4) is 0 Å². The number of ether oxygens (including phenoxy) is 1. The van der Waals surface area contributed by atoms with E-state index in [1.807, 2.05) is 30.1 Å². The summed E-state index contributed by atoms with van der Waals surface area (Å²) in [5.74, 6) is 1.79. The lowest BCUT2D eigenvalue weighted by atomic mass is 10.1. The summed E-state index contributed by atoms with van der Waals surface area (Å²) in [5, 5.41) is 4.60. The second kappa shape index (κ2) is 7.87. The van der Waals surface area contributed by atoms with E-state index in [9.17, 15) is 0 Å². The molecule has 4 aromatic rings. The summed E-state index contributed by atoms with van der Waals surface area (Å²) in [5.41, 5.74) is 7.17. The lowest BCUT2D eigenvalue weighted by Crippen LogP contribution is -2.18. The molecule has 0 spiro atoms. The smallest absolute Gasteiger partial charge is 0.150 e. The molecule has 7 heteroatoms. The molecule has 0 N–H and O–H groups in total. The van der Waals surface area contributed by atoms with Gasteiger partial charge in [0.2, 0.25) is 0 Å². The standard InChI is InChI=1S/C27H28N6O/c1-17-5-4-6-22(30-17)25-26(33-21-9-8-19(13-21)27(33)31-25)18-10-11-28-23(14-18)20-15-29-32(16-20)24-7-2-3-12-34-24/h4-6,10-11,14-16,19,21,24H,2-3,7-9,12-13H2,1H3. The highest BCUT2D eigenvalue weighted by Gasteiger charge is 2.41. The Balaban J connectivity index is 1.32. The first kappa shape index (κ1) is 20.1. The van der Waals surface area contributed by atoms with E-state index in [1.54, 1.807) is 0 Å². The number of aromatic nitrogens is 6. The van der Waals surface area contributed by atoms with Gasteiger partial charge in [-0.05, 0) is 69.7 Å². The van der Waals surface area contributed by atoms with Gasteiger partial charge in [0, 0.05) is 47.8 Å². The molecule has 6 heterocycles. The lowest BCUT2D eigenvalue weighted by Gasteiger charge is -2.22. The summed E-state index contributed by atoms with van der Waals surface area (Å²) < 4.78 is 10.3. The van der Waals surface area contributed by atoms with Gasteiger partial charge in [0.1, 0.15) is 17.7 Å². The van der Waals surface area contributed by atoms with Gasteiger partial charge in [-0.2, -0.15) is 5.10 Å². The number of aryl methyl sites for hydroxylation is 1. The monoisotopic (exact) mass is 452 g/mol. The third kappa shape index (κ3) is 3.21. The average Bonchev–Trinajstić information content (AvgIpc) is 3.67. The van der Waals surface area contributed by atoms with Crippen LogP contribution in [0.25, 0.3) is 33.9 Å². The molecule has 34 heavy (non-hydrogen) atoms. The first-order valence-electron chi connectivity index (χ1n) is 12.4. The number of hydrogen-bond acceptors (Lipinski definition) is 5. The van der Waals surface area contributed by atoms with E-state index >= 15 is 0 Å². The quantitative estimate of drug-likeness (QED) is 0.397. The Bertz CT molecular complexity index is 1370. The van der Waals surface area contributed by atoms with Gasteiger partial charge in [0.15, 0.2) is 0 Å². The summed E-state index contributed by atoms with van der Waals surface area (Å²) in [6.45, 7) is 2.84. The summed E-state index contributed by atoms with van der Waals surface area (Å²) in [7, 11) is 0. The van der Waals surface area contributed by atoms with Gasteiger partial charge >= 0.3 is 0 Å². The van der Waals surface area contributed by atoms with E-state index in [1.165, 1.54) is 37.2 Å². The van der Waals surface area contributed by atoms with Crippen LogP contribution in [0.4, 0.5) is 0 Å². The second-order valence-electron chi connectivity index (χ2n) is 9.83. The highest BCUT2D eigenvalue weighted by Crippen LogP contribution is 2.52. The number of fused-ring (bicyclic) bond motifs is 5. The van der Waals surface area contributed by atoms with Crippen molar-refractivity contribution in [1.82, 2.24) is 29.3 Å². The molecule has 2 bridgehead atoms. The highest BCUT2D eigenvalue weighted by molar-refractivity contribution is 5.80. The summed E-state index contributed by atoms with van der Waals surface area (Å²) in [6, 6.07) is 11.0. The zero-order chi connectivity index (χ0) is 22.6. The maximum atomic E-state index is 5.91. The number of imidazole rings is 1. The molecule has 0 amide bonds. The van der Waals surface area contributed by atoms with Gasteiger partial charge in [-0.15, -0.1) is 0 Å². The van der Waals surface area contributed by atoms with Gasteiger partial charge in [-0.3, -0.25) is 9.97 Å². The van der Waals surface area contributed by atoms with E-state index < -0.39 is 0 Å². The molecule has 2 fully saturated rings. The zero-order valence-electron chi connectivity index (χ0n) is 19.4. The molecule has 0 radical (unpaired) electrons. The van der Waals surface area contributed by atoms with Crippen LogP contribution >= 0.6 is 0 Å². The van der Waals surface area contributed by atoms with Crippen LogP contribution in [0.1, 0.15) is 68.2 Å². The summed E-state index contributed by atoms with van der Waals surface area (Å²) in [6.07, 6.45) is 12.9. The maximum Gasteiger partial charge on any atom is 0.150 e. The van der Waals surface area contributed by atoms with Crippen LogP contribution in [0.2, 0.25) is 0 Å². The Morgan fingerprint density at radius 1 is 1.00 bits per heavy atom. The second-order valence-corrected chi connectivity index (χ2v) is 9.83. The molecule has 7 rings (SSSR count). The van der Waals surface area contributed by atoms with Crippen molar-refractivity contribution >= 4 is 0 Å². The third-order valence-electron chi connectivity index (χ3n) is 7.59. The fourth-order valence-electron chi connectivity index (χ4n) is 5.96. The van der Waals surface area contributed by atoms with Crippen molar-refractivity contribution < 1.29 is 4.74 Å². The highest BCUT2D eigenvalue weighted by atomic mass is 16.5. The van der Waals surface area contributed by atoms with Gasteiger partial charge in [0.25, 0.3) is 0 Å². The van der Waals surface area contributed by atoms with E-state index in [4.69, 9.17) is 19.7 Å². The Morgan fingerprint density at radius 2 is 1.97 bits per heavy atom. The molecular formula is C27H28N6O. The van der Waals surface area contributed by atoms with Crippen molar-refractivity contribution in [3.05, 3.63) is 60.4 Å². The zero-order valence-corrected chi connectivity index (χ0v) is 19.4. The largest absolute Gasteiger partial charge is 0.357 e. The van der Waals surface area contributed by atoms with Gasteiger partial charge in [0.05, 0.1) is 23.3 Å². The number of nitrogens with zero attached hydrogens (tertiary/aromatic N) is 6. The first-order valence-corrected chi connectivity index (χ1v) is 12.4. The van der Waals surface area contributed by atoms with Gasteiger partial charge in [-0.1, -0.05) is 6.07 Å². The van der Waals surface area contributed by atoms with Crippen molar-refractivity contribution in [2.45, 2.75) is 63.6 Å². The average molecular weight is 453 g/mol. The molecular weight excluding hydrogens is 424 g/mol. The molecule has 1 saturated heterocycles. The van der Waals surface area contributed by atoms with Crippen molar-refractivity contribution in [2.24, 2.45) is 0 Å². The molecule has 3 atom stereocenters. The molecule has 7 nitrogen and oxygen atoms in total. The van der Waals surface area contributed by atoms with Crippen LogP contribution < -0.4 is 0 Å². The minimum Gasteiger partial charge on any atom is -0.357 e.